The summed E-state index contributed by atoms with van der Waals surface area (Å²) < 4.78 is 11.7. The van der Waals surface area contributed by atoms with Gasteiger partial charge in [-0.25, -0.2) is 4.79 Å². The number of aliphatic imine (C=N–C) groups is 1. The van der Waals surface area contributed by atoms with Crippen molar-refractivity contribution in [2.24, 2.45) is 4.99 Å². The molecule has 1 aromatic heterocycles. The maximum Gasteiger partial charge on any atom is 0.344 e. The number of hydrogen-bond donors (Lipinski definition) is 0. The molecule has 1 aliphatic rings. The van der Waals surface area contributed by atoms with Crippen molar-refractivity contribution in [1.29, 1.82) is 0 Å². The Balaban J connectivity index is 1.51. The summed E-state index contributed by atoms with van der Waals surface area (Å²) >= 11 is 0. The van der Waals surface area contributed by atoms with E-state index in [-0.39, 0.29) is 5.92 Å². The SMILES string of the molecule is CC1=NC(C)=C(OC(=O)c2cccnc2)C(c2ccc(OCc3ccccc3)cc2)C1. The highest BCUT2D eigenvalue weighted by Crippen LogP contribution is 2.36. The van der Waals surface area contributed by atoms with E-state index in [0.717, 1.165) is 28.3 Å². The number of benzene rings is 2. The minimum absolute atomic E-state index is 0.0821. The fourth-order valence-corrected chi connectivity index (χ4v) is 3.62. The molecule has 0 bridgehead atoms. The van der Waals surface area contributed by atoms with Crippen LogP contribution in [0.25, 0.3) is 0 Å². The van der Waals surface area contributed by atoms with Crippen molar-refractivity contribution in [3.05, 3.63) is 107 Å². The molecule has 1 unspecified atom stereocenters. The summed E-state index contributed by atoms with van der Waals surface area (Å²) in [5, 5.41) is 0. The van der Waals surface area contributed by atoms with Gasteiger partial charge in [0.15, 0.2) is 0 Å². The number of hydrogen-bond acceptors (Lipinski definition) is 5. The van der Waals surface area contributed by atoms with Gasteiger partial charge in [0.1, 0.15) is 18.1 Å². The van der Waals surface area contributed by atoms with Crippen LogP contribution in [-0.2, 0) is 11.3 Å². The Morgan fingerprint density at radius 3 is 2.48 bits per heavy atom. The summed E-state index contributed by atoms with van der Waals surface area (Å²) in [7, 11) is 0. The van der Waals surface area contributed by atoms with Gasteiger partial charge in [0, 0.05) is 24.0 Å². The molecule has 1 aliphatic heterocycles. The zero-order chi connectivity index (χ0) is 21.6. The monoisotopic (exact) mass is 412 g/mol. The third-order valence-electron chi connectivity index (χ3n) is 5.16. The number of rotatable bonds is 6. The highest BCUT2D eigenvalue weighted by molar-refractivity contribution is 5.90. The van der Waals surface area contributed by atoms with Crippen molar-refractivity contribution in [3.63, 3.8) is 0 Å². The van der Waals surface area contributed by atoms with Crippen LogP contribution >= 0.6 is 0 Å². The fraction of sp³-hybridized carbons (Fsp3) is 0.192. The van der Waals surface area contributed by atoms with Crippen molar-refractivity contribution in [3.8, 4) is 5.75 Å². The number of pyridine rings is 1. The van der Waals surface area contributed by atoms with Crippen LogP contribution in [0.2, 0.25) is 0 Å². The van der Waals surface area contributed by atoms with Crippen LogP contribution in [-0.4, -0.2) is 16.7 Å². The molecule has 4 rings (SSSR count). The van der Waals surface area contributed by atoms with Gasteiger partial charge >= 0.3 is 5.97 Å². The molecular weight excluding hydrogens is 388 g/mol. The highest BCUT2D eigenvalue weighted by Gasteiger charge is 2.28. The van der Waals surface area contributed by atoms with Gasteiger partial charge in [-0.3, -0.25) is 9.98 Å². The number of nitrogens with zero attached hydrogens (tertiary/aromatic N) is 2. The van der Waals surface area contributed by atoms with Gasteiger partial charge < -0.3 is 9.47 Å². The molecule has 0 fully saturated rings. The zero-order valence-electron chi connectivity index (χ0n) is 17.6. The van der Waals surface area contributed by atoms with E-state index >= 15 is 0 Å². The molecule has 0 spiro atoms. The molecule has 0 aliphatic carbocycles. The molecule has 2 heterocycles. The van der Waals surface area contributed by atoms with Crippen molar-refractivity contribution in [2.45, 2.75) is 32.8 Å². The maximum absolute atomic E-state index is 12.6. The average molecular weight is 412 g/mol. The lowest BCUT2D eigenvalue weighted by molar-refractivity contribution is 0.0598. The molecule has 0 N–H and O–H groups in total. The largest absolute Gasteiger partial charge is 0.489 e. The second kappa shape index (κ2) is 9.39. The van der Waals surface area contributed by atoms with Gasteiger partial charge in [-0.2, -0.15) is 0 Å². The van der Waals surface area contributed by atoms with E-state index in [4.69, 9.17) is 9.47 Å². The van der Waals surface area contributed by atoms with Crippen LogP contribution in [0.5, 0.6) is 5.75 Å². The number of carbonyl (C=O) groups excluding carboxylic acids is 1. The predicted octanol–water partition coefficient (Wildman–Crippen LogP) is 5.70. The first-order chi connectivity index (χ1) is 15.1. The number of allylic oxidation sites excluding steroid dienone is 2. The lowest BCUT2D eigenvalue weighted by atomic mass is 9.89. The van der Waals surface area contributed by atoms with Crippen molar-refractivity contribution in [2.75, 3.05) is 0 Å². The van der Waals surface area contributed by atoms with Crippen molar-refractivity contribution >= 4 is 11.7 Å². The Hall–Kier alpha value is -3.73. The summed E-state index contributed by atoms with van der Waals surface area (Å²) in [5.74, 6) is 0.868. The molecule has 1 atom stereocenters. The summed E-state index contributed by atoms with van der Waals surface area (Å²) in [5.41, 5.74) is 4.31. The summed E-state index contributed by atoms with van der Waals surface area (Å²) in [6.07, 6.45) is 3.82. The van der Waals surface area contributed by atoms with Crippen LogP contribution in [0.1, 0.15) is 47.7 Å². The molecular formula is C26H24N2O3. The van der Waals surface area contributed by atoms with Crippen LogP contribution in [0, 0.1) is 0 Å². The normalized spacial score (nSPS) is 15.9. The highest BCUT2D eigenvalue weighted by atomic mass is 16.5. The van der Waals surface area contributed by atoms with E-state index in [2.05, 4.69) is 9.98 Å². The molecule has 5 nitrogen and oxygen atoms in total. The van der Waals surface area contributed by atoms with Crippen LogP contribution in [0.3, 0.4) is 0 Å². The lowest BCUT2D eigenvalue weighted by Crippen LogP contribution is -2.18. The zero-order valence-corrected chi connectivity index (χ0v) is 17.6. The Bertz CT molecular complexity index is 1100. The van der Waals surface area contributed by atoms with E-state index < -0.39 is 5.97 Å². The molecule has 31 heavy (non-hydrogen) atoms. The van der Waals surface area contributed by atoms with E-state index in [1.807, 2.05) is 68.4 Å². The molecule has 2 aromatic carbocycles. The van der Waals surface area contributed by atoms with Crippen LogP contribution in [0.4, 0.5) is 0 Å². The Kier molecular flexibility index (Phi) is 6.22. The van der Waals surface area contributed by atoms with E-state index in [1.165, 1.54) is 6.20 Å². The van der Waals surface area contributed by atoms with Gasteiger partial charge in [-0.05, 0) is 55.7 Å². The first kappa shape index (κ1) is 20.5. The van der Waals surface area contributed by atoms with Crippen molar-refractivity contribution < 1.29 is 14.3 Å². The minimum Gasteiger partial charge on any atom is -0.489 e. The number of aromatic nitrogens is 1. The molecule has 0 radical (unpaired) electrons. The number of carbonyl (C=O) groups is 1. The van der Waals surface area contributed by atoms with Crippen molar-refractivity contribution in [1.82, 2.24) is 4.98 Å². The van der Waals surface area contributed by atoms with Crippen LogP contribution in [0.15, 0.2) is 95.6 Å². The number of ether oxygens (including phenoxy) is 2. The smallest absolute Gasteiger partial charge is 0.344 e. The third-order valence-corrected chi connectivity index (χ3v) is 5.16. The van der Waals surface area contributed by atoms with E-state index in [1.54, 1.807) is 18.3 Å². The molecule has 156 valence electrons. The van der Waals surface area contributed by atoms with Gasteiger partial charge in [0.2, 0.25) is 0 Å². The van der Waals surface area contributed by atoms with Gasteiger partial charge in [0.25, 0.3) is 0 Å². The second-order valence-electron chi connectivity index (χ2n) is 7.53. The van der Waals surface area contributed by atoms with Gasteiger partial charge in [-0.15, -0.1) is 0 Å². The molecule has 3 aromatic rings. The standard InChI is InChI=1S/C26H24N2O3/c1-18-15-24(25(19(2)28-18)31-26(29)22-9-6-14-27-16-22)21-10-12-23(13-11-21)30-17-20-7-4-3-5-8-20/h3-14,16,24H,15,17H2,1-2H3. The minimum atomic E-state index is -0.426. The summed E-state index contributed by atoms with van der Waals surface area (Å²) in [4.78, 5) is 21.2. The summed E-state index contributed by atoms with van der Waals surface area (Å²) in [6, 6.07) is 21.4. The fourth-order valence-electron chi connectivity index (χ4n) is 3.62. The Morgan fingerprint density at radius 1 is 1.00 bits per heavy atom. The molecule has 0 amide bonds. The first-order valence-corrected chi connectivity index (χ1v) is 10.2. The molecule has 0 saturated carbocycles. The second-order valence-corrected chi connectivity index (χ2v) is 7.53. The van der Waals surface area contributed by atoms with Gasteiger partial charge in [0.05, 0.1) is 11.3 Å². The van der Waals surface area contributed by atoms with Gasteiger partial charge in [-0.1, -0.05) is 42.5 Å². The lowest BCUT2D eigenvalue weighted by Gasteiger charge is -2.25. The first-order valence-electron chi connectivity index (χ1n) is 10.2. The van der Waals surface area contributed by atoms with Crippen LogP contribution < -0.4 is 4.74 Å². The Labute approximate surface area is 182 Å². The predicted molar refractivity (Wildman–Crippen MR) is 120 cm³/mol. The average Bonchev–Trinajstić information content (AvgIpc) is 2.81. The topological polar surface area (TPSA) is 60.8 Å². The Morgan fingerprint density at radius 2 is 1.77 bits per heavy atom. The summed E-state index contributed by atoms with van der Waals surface area (Å²) in [6.45, 7) is 4.38. The molecule has 5 heteroatoms. The molecule has 0 saturated heterocycles. The number of esters is 1. The third kappa shape index (κ3) is 5.07. The quantitative estimate of drug-likeness (QED) is 0.488. The maximum atomic E-state index is 12.6. The van der Waals surface area contributed by atoms with E-state index in [0.29, 0.717) is 24.4 Å². The van der Waals surface area contributed by atoms with E-state index in [9.17, 15) is 4.79 Å².